The van der Waals surface area contributed by atoms with E-state index in [1.54, 1.807) is 17.0 Å². The Hall–Kier alpha value is -1.98. The third-order valence-electron chi connectivity index (χ3n) is 4.66. The lowest BCUT2D eigenvalue weighted by molar-refractivity contribution is -0.918. The number of hydrogen-bond acceptors (Lipinski definition) is 1. The van der Waals surface area contributed by atoms with E-state index in [2.05, 4.69) is 34.9 Å². The molecule has 0 aliphatic carbocycles. The summed E-state index contributed by atoms with van der Waals surface area (Å²) in [5.41, 5.74) is 3.45. The number of halogens is 1. The van der Waals surface area contributed by atoms with E-state index in [0.717, 1.165) is 12.2 Å². The van der Waals surface area contributed by atoms with Crippen molar-refractivity contribution in [1.82, 2.24) is 5.32 Å². The largest absolute Gasteiger partial charge is 0.358 e. The number of anilines is 1. The van der Waals surface area contributed by atoms with Crippen LogP contribution < -0.4 is 15.5 Å². The van der Waals surface area contributed by atoms with Gasteiger partial charge in [-0.3, -0.25) is 0 Å². The molecule has 3 N–H and O–H groups in total. The van der Waals surface area contributed by atoms with Crippen LogP contribution in [-0.4, -0.2) is 18.2 Å². The van der Waals surface area contributed by atoms with Gasteiger partial charge in [0.15, 0.2) is 5.11 Å². The van der Waals surface area contributed by atoms with E-state index in [1.165, 1.54) is 55.6 Å². The number of hydrogen-bond donors (Lipinski definition) is 3. The molecule has 0 saturated carbocycles. The van der Waals surface area contributed by atoms with Gasteiger partial charge in [0.25, 0.3) is 0 Å². The first-order valence-electron chi connectivity index (χ1n) is 8.91. The molecule has 3 nitrogen and oxygen atoms in total. The van der Waals surface area contributed by atoms with Crippen LogP contribution in [0.5, 0.6) is 0 Å². The molecule has 0 bridgehead atoms. The van der Waals surface area contributed by atoms with Gasteiger partial charge in [0.05, 0.1) is 13.1 Å². The van der Waals surface area contributed by atoms with Gasteiger partial charge in [0.2, 0.25) is 0 Å². The Kier molecular flexibility index (Phi) is 6.36. The SMILES string of the molecule is Fc1ccc(NC(=S)NCc2ccccc2C[NH+]2CCCCC2)cc1. The number of benzene rings is 2. The standard InChI is InChI=1S/C20H24FN3S/c21-18-8-10-19(11-9-18)23-20(25)22-14-16-6-2-3-7-17(16)15-24-12-4-1-5-13-24/h2-3,6-11H,1,4-5,12-15H2,(H2,22,23,25)/p+1. The molecule has 5 heteroatoms. The molecule has 0 unspecified atom stereocenters. The molecule has 1 aliphatic heterocycles. The quantitative estimate of drug-likeness (QED) is 0.718. The minimum absolute atomic E-state index is 0.251. The Morgan fingerprint density at radius 1 is 0.960 bits per heavy atom. The van der Waals surface area contributed by atoms with Crippen molar-refractivity contribution in [3.05, 3.63) is 65.5 Å². The van der Waals surface area contributed by atoms with Crippen molar-refractivity contribution in [2.75, 3.05) is 18.4 Å². The first-order chi connectivity index (χ1) is 12.2. The summed E-state index contributed by atoms with van der Waals surface area (Å²) in [7, 11) is 0. The van der Waals surface area contributed by atoms with Gasteiger partial charge in [-0.1, -0.05) is 24.3 Å². The molecule has 0 aromatic heterocycles. The second-order valence-electron chi connectivity index (χ2n) is 6.57. The molecule has 0 amide bonds. The van der Waals surface area contributed by atoms with E-state index in [9.17, 15) is 4.39 Å². The predicted octanol–water partition coefficient (Wildman–Crippen LogP) is 2.88. The highest BCUT2D eigenvalue weighted by molar-refractivity contribution is 7.80. The average Bonchev–Trinajstić information content (AvgIpc) is 2.64. The van der Waals surface area contributed by atoms with E-state index in [-0.39, 0.29) is 5.82 Å². The van der Waals surface area contributed by atoms with Gasteiger partial charge in [0, 0.05) is 17.8 Å². The van der Waals surface area contributed by atoms with Gasteiger partial charge in [-0.15, -0.1) is 0 Å². The van der Waals surface area contributed by atoms with Crippen LogP contribution in [0.1, 0.15) is 30.4 Å². The van der Waals surface area contributed by atoms with Gasteiger partial charge < -0.3 is 15.5 Å². The lowest BCUT2D eigenvalue weighted by Gasteiger charge is -2.24. The fraction of sp³-hybridized carbons (Fsp3) is 0.350. The Morgan fingerprint density at radius 3 is 2.36 bits per heavy atom. The van der Waals surface area contributed by atoms with E-state index in [0.29, 0.717) is 11.7 Å². The fourth-order valence-corrected chi connectivity index (χ4v) is 3.47. The van der Waals surface area contributed by atoms with Crippen molar-refractivity contribution in [3.63, 3.8) is 0 Å². The molecule has 0 spiro atoms. The molecule has 1 aliphatic rings. The highest BCUT2D eigenvalue weighted by Gasteiger charge is 2.15. The summed E-state index contributed by atoms with van der Waals surface area (Å²) in [6, 6.07) is 14.7. The molecule has 132 valence electrons. The van der Waals surface area contributed by atoms with Crippen LogP contribution in [0.15, 0.2) is 48.5 Å². The Labute approximate surface area is 154 Å². The number of rotatable bonds is 5. The Balaban J connectivity index is 1.55. The smallest absolute Gasteiger partial charge is 0.171 e. The van der Waals surface area contributed by atoms with Crippen molar-refractivity contribution in [3.8, 4) is 0 Å². The number of thiocarbonyl (C=S) groups is 1. The third-order valence-corrected chi connectivity index (χ3v) is 4.91. The van der Waals surface area contributed by atoms with E-state index >= 15 is 0 Å². The van der Waals surface area contributed by atoms with Gasteiger partial charge in [-0.05, 0) is 61.3 Å². The molecule has 1 saturated heterocycles. The Morgan fingerprint density at radius 2 is 1.64 bits per heavy atom. The number of quaternary nitrogens is 1. The van der Waals surface area contributed by atoms with Crippen molar-refractivity contribution in [2.45, 2.75) is 32.4 Å². The van der Waals surface area contributed by atoms with Crippen LogP contribution in [0.2, 0.25) is 0 Å². The van der Waals surface area contributed by atoms with Gasteiger partial charge >= 0.3 is 0 Å². The summed E-state index contributed by atoms with van der Waals surface area (Å²) < 4.78 is 13.0. The number of likely N-dealkylation sites (tertiary alicyclic amines) is 1. The topological polar surface area (TPSA) is 28.5 Å². The maximum absolute atomic E-state index is 13.0. The molecule has 2 aromatic carbocycles. The summed E-state index contributed by atoms with van der Waals surface area (Å²) in [6.45, 7) is 4.31. The molecule has 3 rings (SSSR count). The average molecular weight is 359 g/mol. The maximum Gasteiger partial charge on any atom is 0.171 e. The molecule has 0 radical (unpaired) electrons. The fourth-order valence-electron chi connectivity index (χ4n) is 3.28. The zero-order chi connectivity index (χ0) is 17.5. The monoisotopic (exact) mass is 358 g/mol. The lowest BCUT2D eigenvalue weighted by Crippen LogP contribution is -3.11. The minimum Gasteiger partial charge on any atom is -0.358 e. The first-order valence-corrected chi connectivity index (χ1v) is 9.32. The normalized spacial score (nSPS) is 14.9. The zero-order valence-corrected chi connectivity index (χ0v) is 15.2. The summed E-state index contributed by atoms with van der Waals surface area (Å²) in [5.74, 6) is -0.251. The molecular formula is C20H25FN3S+. The molecular weight excluding hydrogens is 333 g/mol. The third kappa shape index (κ3) is 5.51. The van der Waals surface area contributed by atoms with E-state index in [4.69, 9.17) is 12.2 Å². The molecule has 0 atom stereocenters. The molecule has 1 fully saturated rings. The predicted molar refractivity (Wildman–Crippen MR) is 104 cm³/mol. The number of piperidine rings is 1. The second-order valence-corrected chi connectivity index (χ2v) is 6.98. The highest BCUT2D eigenvalue weighted by atomic mass is 32.1. The van der Waals surface area contributed by atoms with Gasteiger partial charge in [-0.2, -0.15) is 0 Å². The van der Waals surface area contributed by atoms with Crippen molar-refractivity contribution >= 4 is 23.0 Å². The van der Waals surface area contributed by atoms with Gasteiger partial charge in [0.1, 0.15) is 12.4 Å². The van der Waals surface area contributed by atoms with Gasteiger partial charge in [-0.25, -0.2) is 4.39 Å². The summed E-state index contributed by atoms with van der Waals surface area (Å²) in [5, 5.41) is 6.89. The van der Waals surface area contributed by atoms with Crippen molar-refractivity contribution in [2.24, 2.45) is 0 Å². The second kappa shape index (κ2) is 8.92. The van der Waals surface area contributed by atoms with Crippen LogP contribution >= 0.6 is 12.2 Å². The lowest BCUT2D eigenvalue weighted by atomic mass is 10.0. The molecule has 1 heterocycles. The Bertz CT molecular complexity index is 696. The summed E-state index contributed by atoms with van der Waals surface area (Å²) in [4.78, 5) is 1.67. The maximum atomic E-state index is 13.0. The van der Waals surface area contributed by atoms with E-state index < -0.39 is 0 Å². The summed E-state index contributed by atoms with van der Waals surface area (Å²) >= 11 is 5.35. The zero-order valence-electron chi connectivity index (χ0n) is 14.4. The van der Waals surface area contributed by atoms with Crippen LogP contribution in [0.4, 0.5) is 10.1 Å². The van der Waals surface area contributed by atoms with Crippen LogP contribution in [0, 0.1) is 5.82 Å². The molecule has 2 aromatic rings. The van der Waals surface area contributed by atoms with Crippen LogP contribution in [0.25, 0.3) is 0 Å². The van der Waals surface area contributed by atoms with Crippen molar-refractivity contribution in [1.29, 1.82) is 0 Å². The first kappa shape index (κ1) is 17.8. The number of nitrogens with one attached hydrogen (secondary N) is 3. The highest BCUT2D eigenvalue weighted by Crippen LogP contribution is 2.10. The van der Waals surface area contributed by atoms with Crippen molar-refractivity contribution < 1.29 is 9.29 Å². The molecule has 25 heavy (non-hydrogen) atoms. The van der Waals surface area contributed by atoms with E-state index in [1.807, 2.05) is 0 Å². The summed E-state index contributed by atoms with van der Waals surface area (Å²) in [6.07, 6.45) is 4.04. The van der Waals surface area contributed by atoms with Crippen LogP contribution in [-0.2, 0) is 13.1 Å². The minimum atomic E-state index is -0.251. The van der Waals surface area contributed by atoms with Crippen LogP contribution in [0.3, 0.4) is 0 Å².